The summed E-state index contributed by atoms with van der Waals surface area (Å²) in [6.45, 7) is 4.39. The first-order valence-electron chi connectivity index (χ1n) is 7.00. The van der Waals surface area contributed by atoms with E-state index in [1.165, 1.54) is 11.8 Å². The Morgan fingerprint density at radius 2 is 2.14 bits per heavy atom. The quantitative estimate of drug-likeness (QED) is 0.655. The molecule has 0 spiro atoms. The van der Waals surface area contributed by atoms with Crippen LogP contribution in [0.4, 0.5) is 0 Å². The molecule has 0 fully saturated rings. The van der Waals surface area contributed by atoms with Gasteiger partial charge in [-0.3, -0.25) is 14.2 Å². The van der Waals surface area contributed by atoms with E-state index < -0.39 is 11.2 Å². The van der Waals surface area contributed by atoms with Crippen molar-refractivity contribution in [3.8, 4) is 0 Å². The van der Waals surface area contributed by atoms with Crippen molar-refractivity contribution in [2.75, 3.05) is 0 Å². The van der Waals surface area contributed by atoms with E-state index in [9.17, 15) is 9.59 Å². The van der Waals surface area contributed by atoms with Gasteiger partial charge in [0.1, 0.15) is 0 Å². The van der Waals surface area contributed by atoms with Crippen LogP contribution in [0.3, 0.4) is 0 Å². The lowest BCUT2D eigenvalue weighted by Gasteiger charge is -2.14. The van der Waals surface area contributed by atoms with E-state index in [-0.39, 0.29) is 5.56 Å². The molecule has 0 aliphatic rings. The lowest BCUT2D eigenvalue weighted by Crippen LogP contribution is -2.27. The molecule has 2 N–H and O–H groups in total. The largest absolute Gasteiger partial charge is 0.369 e. The number of carbonyl (C=O) groups is 1. The molecule has 1 heterocycles. The van der Waals surface area contributed by atoms with Gasteiger partial charge in [-0.15, -0.1) is 0 Å². The molecule has 0 bridgehead atoms. The molecular weight excluding hydrogens is 286 g/mol. The van der Waals surface area contributed by atoms with Crippen LogP contribution in [0, 0.1) is 0 Å². The summed E-state index contributed by atoms with van der Waals surface area (Å²) >= 11 is 1.24. The summed E-state index contributed by atoms with van der Waals surface area (Å²) in [6.07, 6.45) is 1.87. The van der Waals surface area contributed by atoms with E-state index in [4.69, 9.17) is 5.73 Å². The first-order valence-corrected chi connectivity index (χ1v) is 7.88. The Kier molecular flexibility index (Phi) is 5.01. The number of aromatic nitrogens is 2. The normalized spacial score (nSPS) is 12.5. The summed E-state index contributed by atoms with van der Waals surface area (Å²) < 4.78 is 1.65. The number of benzene rings is 1. The Hall–Kier alpha value is -1.82. The predicted octanol–water partition coefficient (Wildman–Crippen LogP) is 2.16. The second-order valence-corrected chi connectivity index (χ2v) is 6.19. The first kappa shape index (κ1) is 15.6. The van der Waals surface area contributed by atoms with Crippen molar-refractivity contribution >= 4 is 28.6 Å². The number of hydrogen-bond acceptors (Lipinski definition) is 4. The second-order valence-electron chi connectivity index (χ2n) is 4.88. The molecular formula is C15H19N3O2S. The Labute approximate surface area is 127 Å². The molecule has 0 aliphatic heterocycles. The van der Waals surface area contributed by atoms with Gasteiger partial charge in [0, 0.05) is 6.54 Å². The minimum Gasteiger partial charge on any atom is -0.369 e. The summed E-state index contributed by atoms with van der Waals surface area (Å²) in [4.78, 5) is 28.4. The standard InChI is InChI=1S/C15H19N3O2S/c1-3-4-9-18-14(20)11-7-5-6-8-12(11)17-15(18)21-10(2)13(16)19/h5-8,10H,3-4,9H2,1-2H3,(H2,16,19). The summed E-state index contributed by atoms with van der Waals surface area (Å²) in [5.74, 6) is -0.413. The van der Waals surface area contributed by atoms with Crippen molar-refractivity contribution in [1.29, 1.82) is 0 Å². The molecule has 1 amide bonds. The number of nitrogens with zero attached hydrogens (tertiary/aromatic N) is 2. The third kappa shape index (κ3) is 3.44. The number of hydrogen-bond donors (Lipinski definition) is 1. The number of carbonyl (C=O) groups excluding carboxylic acids is 1. The number of unbranched alkanes of at least 4 members (excludes halogenated alkanes) is 1. The van der Waals surface area contributed by atoms with Gasteiger partial charge in [-0.05, 0) is 25.5 Å². The number of para-hydroxylation sites is 1. The molecule has 6 heteroatoms. The molecule has 5 nitrogen and oxygen atoms in total. The Balaban J connectivity index is 2.54. The van der Waals surface area contributed by atoms with Gasteiger partial charge in [0.05, 0.1) is 16.2 Å². The van der Waals surface area contributed by atoms with Crippen molar-refractivity contribution in [3.05, 3.63) is 34.6 Å². The number of thioether (sulfide) groups is 1. The van der Waals surface area contributed by atoms with Crippen LogP contribution in [0.2, 0.25) is 0 Å². The van der Waals surface area contributed by atoms with Gasteiger partial charge in [-0.25, -0.2) is 4.98 Å². The zero-order valence-corrected chi connectivity index (χ0v) is 13.0. The van der Waals surface area contributed by atoms with Crippen molar-refractivity contribution in [1.82, 2.24) is 9.55 Å². The summed E-state index contributed by atoms with van der Waals surface area (Å²) in [7, 11) is 0. The molecule has 0 saturated carbocycles. The molecule has 21 heavy (non-hydrogen) atoms. The number of fused-ring (bicyclic) bond motifs is 1. The average Bonchev–Trinajstić information content (AvgIpc) is 2.47. The Morgan fingerprint density at radius 3 is 2.81 bits per heavy atom. The van der Waals surface area contributed by atoms with Crippen LogP contribution < -0.4 is 11.3 Å². The molecule has 1 unspecified atom stereocenters. The third-order valence-electron chi connectivity index (χ3n) is 3.24. The molecule has 2 rings (SSSR count). The van der Waals surface area contributed by atoms with Gasteiger partial charge in [-0.2, -0.15) is 0 Å². The maximum absolute atomic E-state index is 12.6. The first-order chi connectivity index (χ1) is 10.0. The van der Waals surface area contributed by atoms with Crippen LogP contribution in [0.5, 0.6) is 0 Å². The van der Waals surface area contributed by atoms with Gasteiger partial charge in [-0.1, -0.05) is 37.2 Å². The monoisotopic (exact) mass is 305 g/mol. The van der Waals surface area contributed by atoms with E-state index in [1.54, 1.807) is 23.6 Å². The van der Waals surface area contributed by atoms with Crippen LogP contribution >= 0.6 is 11.8 Å². The fourth-order valence-electron chi connectivity index (χ4n) is 1.97. The molecule has 112 valence electrons. The summed E-state index contributed by atoms with van der Waals surface area (Å²) in [6, 6.07) is 7.25. The van der Waals surface area contributed by atoms with Crippen molar-refractivity contribution < 1.29 is 4.79 Å². The zero-order chi connectivity index (χ0) is 15.4. The predicted molar refractivity (Wildman–Crippen MR) is 85.4 cm³/mol. The second kappa shape index (κ2) is 6.76. The number of nitrogens with two attached hydrogens (primary N) is 1. The lowest BCUT2D eigenvalue weighted by atomic mass is 10.2. The molecule has 2 aromatic rings. The highest BCUT2D eigenvalue weighted by molar-refractivity contribution is 8.00. The molecule has 1 aromatic heterocycles. The topological polar surface area (TPSA) is 78.0 Å². The smallest absolute Gasteiger partial charge is 0.262 e. The van der Waals surface area contributed by atoms with Gasteiger partial charge in [0.15, 0.2) is 5.16 Å². The van der Waals surface area contributed by atoms with Crippen molar-refractivity contribution in [2.24, 2.45) is 5.73 Å². The fraction of sp³-hybridized carbons (Fsp3) is 0.400. The zero-order valence-electron chi connectivity index (χ0n) is 12.2. The van der Waals surface area contributed by atoms with Gasteiger partial charge in [0.25, 0.3) is 5.56 Å². The van der Waals surface area contributed by atoms with Crippen LogP contribution in [0.15, 0.2) is 34.2 Å². The van der Waals surface area contributed by atoms with Crippen LogP contribution in [-0.2, 0) is 11.3 Å². The molecule has 1 aromatic carbocycles. The molecule has 0 radical (unpaired) electrons. The lowest BCUT2D eigenvalue weighted by molar-refractivity contribution is -0.117. The van der Waals surface area contributed by atoms with E-state index in [0.29, 0.717) is 22.6 Å². The minimum atomic E-state index is -0.425. The van der Waals surface area contributed by atoms with E-state index in [0.717, 1.165) is 12.8 Å². The highest BCUT2D eigenvalue weighted by Gasteiger charge is 2.17. The SMILES string of the molecule is CCCCn1c(SC(C)C(N)=O)nc2ccccc2c1=O. The highest BCUT2D eigenvalue weighted by Crippen LogP contribution is 2.22. The maximum Gasteiger partial charge on any atom is 0.262 e. The number of amides is 1. The summed E-state index contributed by atoms with van der Waals surface area (Å²) in [5, 5.41) is 0.731. The highest BCUT2D eigenvalue weighted by atomic mass is 32.2. The van der Waals surface area contributed by atoms with E-state index in [1.807, 2.05) is 12.1 Å². The van der Waals surface area contributed by atoms with E-state index >= 15 is 0 Å². The minimum absolute atomic E-state index is 0.0618. The maximum atomic E-state index is 12.6. The summed E-state index contributed by atoms with van der Waals surface area (Å²) in [5.41, 5.74) is 5.90. The van der Waals surface area contributed by atoms with E-state index in [2.05, 4.69) is 11.9 Å². The average molecular weight is 305 g/mol. The van der Waals surface area contributed by atoms with Crippen molar-refractivity contribution in [3.63, 3.8) is 0 Å². The molecule has 0 aliphatic carbocycles. The van der Waals surface area contributed by atoms with Gasteiger partial charge < -0.3 is 5.73 Å². The Morgan fingerprint density at radius 1 is 1.43 bits per heavy atom. The number of rotatable bonds is 6. The van der Waals surface area contributed by atoms with Crippen LogP contribution in [-0.4, -0.2) is 20.7 Å². The van der Waals surface area contributed by atoms with Gasteiger partial charge in [0.2, 0.25) is 5.91 Å². The van der Waals surface area contributed by atoms with Crippen LogP contribution in [0.25, 0.3) is 10.9 Å². The van der Waals surface area contributed by atoms with Crippen LogP contribution in [0.1, 0.15) is 26.7 Å². The molecule has 0 saturated heterocycles. The van der Waals surface area contributed by atoms with Crippen molar-refractivity contribution in [2.45, 2.75) is 43.6 Å². The Bertz CT molecular complexity index is 712. The third-order valence-corrected chi connectivity index (χ3v) is 4.35. The van der Waals surface area contributed by atoms with Gasteiger partial charge >= 0.3 is 0 Å². The fourth-order valence-corrected chi connectivity index (χ4v) is 2.85. The molecule has 1 atom stereocenters. The number of primary amides is 1.